The molecule has 1 aliphatic rings. The van der Waals surface area contributed by atoms with Crippen LogP contribution in [-0.4, -0.2) is 46.3 Å². The lowest BCUT2D eigenvalue weighted by molar-refractivity contribution is -0.110. The summed E-state index contributed by atoms with van der Waals surface area (Å²) in [6.07, 6.45) is 6.66. The third kappa shape index (κ3) is 6.92. The zero-order valence-electron chi connectivity index (χ0n) is 18.8. The first-order valence-electron chi connectivity index (χ1n) is 10.9. The van der Waals surface area contributed by atoms with Gasteiger partial charge in [-0.1, -0.05) is 19.9 Å². The Labute approximate surface area is 188 Å². The molecule has 0 saturated carbocycles. The van der Waals surface area contributed by atoms with Gasteiger partial charge in [0, 0.05) is 48.1 Å². The number of halogens is 1. The summed E-state index contributed by atoms with van der Waals surface area (Å²) in [7, 11) is 2.13. The molecule has 1 unspecified atom stereocenters. The molecular weight excluding hydrogens is 405 g/mol. The Morgan fingerprint density at radius 1 is 1.19 bits per heavy atom. The first-order chi connectivity index (χ1) is 15.4. The van der Waals surface area contributed by atoms with Gasteiger partial charge in [0.25, 0.3) is 0 Å². The van der Waals surface area contributed by atoms with Gasteiger partial charge < -0.3 is 15.0 Å². The van der Waals surface area contributed by atoms with Crippen molar-refractivity contribution in [2.24, 2.45) is 5.92 Å². The number of hydrogen-bond acceptors (Lipinski definition) is 6. The van der Waals surface area contributed by atoms with E-state index >= 15 is 0 Å². The number of benzene rings is 1. The number of carbonyl (C=O) groups is 1. The van der Waals surface area contributed by atoms with Crippen molar-refractivity contribution in [2.75, 3.05) is 25.5 Å². The largest absolute Gasteiger partial charge is 0.340 e. The van der Waals surface area contributed by atoms with Crippen LogP contribution in [0.15, 0.2) is 54.9 Å². The number of likely N-dealkylation sites (N-methyl/N-ethyl adjacent to an activating group) is 1. The summed E-state index contributed by atoms with van der Waals surface area (Å²) >= 11 is 0. The first-order valence-corrected chi connectivity index (χ1v) is 10.9. The predicted octanol–water partition coefficient (Wildman–Crippen LogP) is 5.07. The van der Waals surface area contributed by atoms with Crippen molar-refractivity contribution < 1.29 is 9.18 Å². The highest BCUT2D eigenvalue weighted by Crippen LogP contribution is 2.28. The van der Waals surface area contributed by atoms with Crippen LogP contribution in [0.5, 0.6) is 0 Å². The van der Waals surface area contributed by atoms with Crippen molar-refractivity contribution in [2.45, 2.75) is 32.6 Å². The van der Waals surface area contributed by atoms with Crippen LogP contribution in [0.25, 0.3) is 11.3 Å². The number of hydrogen-bond donors (Lipinski definition) is 1. The van der Waals surface area contributed by atoms with Crippen LogP contribution in [0.1, 0.15) is 38.4 Å². The van der Waals surface area contributed by atoms with Crippen LogP contribution in [0, 0.1) is 11.7 Å². The Morgan fingerprint density at radius 2 is 2.00 bits per heavy atom. The molecule has 1 aliphatic heterocycles. The van der Waals surface area contributed by atoms with Crippen molar-refractivity contribution in [1.82, 2.24) is 19.9 Å². The molecular formula is C25H30FN5O. The third-order valence-electron chi connectivity index (χ3n) is 5.06. The number of nitrogens with zero attached hydrogens (tertiary/aromatic N) is 4. The van der Waals surface area contributed by atoms with Crippen molar-refractivity contribution in [3.63, 3.8) is 0 Å². The topological polar surface area (TPSA) is 71.0 Å². The van der Waals surface area contributed by atoms with E-state index < -0.39 is 0 Å². The minimum Gasteiger partial charge on any atom is -0.340 e. The van der Waals surface area contributed by atoms with Gasteiger partial charge in [-0.3, -0.25) is 4.98 Å². The number of pyridine rings is 1. The van der Waals surface area contributed by atoms with E-state index in [1.54, 1.807) is 18.5 Å². The number of likely N-dealkylation sites (tertiary alicyclic amines) is 1. The van der Waals surface area contributed by atoms with Crippen LogP contribution < -0.4 is 5.32 Å². The number of aromatic nitrogens is 3. The van der Waals surface area contributed by atoms with Crippen molar-refractivity contribution in [3.05, 3.63) is 66.5 Å². The molecule has 3 aromatic rings. The second kappa shape index (κ2) is 11.4. The van der Waals surface area contributed by atoms with Crippen LogP contribution >= 0.6 is 0 Å². The average Bonchev–Trinajstić information content (AvgIpc) is 2.80. The van der Waals surface area contributed by atoms with E-state index in [-0.39, 0.29) is 17.7 Å². The molecule has 32 heavy (non-hydrogen) atoms. The minimum atomic E-state index is -0.282. The Morgan fingerprint density at radius 3 is 2.66 bits per heavy atom. The zero-order valence-corrected chi connectivity index (χ0v) is 18.8. The number of nitrogens with one attached hydrogen (secondary N) is 1. The maximum atomic E-state index is 13.5. The van der Waals surface area contributed by atoms with Gasteiger partial charge in [0.1, 0.15) is 23.7 Å². The van der Waals surface area contributed by atoms with Gasteiger partial charge in [0.2, 0.25) is 0 Å². The fourth-order valence-electron chi connectivity index (χ4n) is 3.47. The molecule has 1 saturated heterocycles. The second-order valence-corrected chi connectivity index (χ2v) is 8.36. The van der Waals surface area contributed by atoms with E-state index in [0.29, 0.717) is 11.5 Å². The summed E-state index contributed by atoms with van der Waals surface area (Å²) in [6.45, 7) is 5.75. The summed E-state index contributed by atoms with van der Waals surface area (Å²) in [5, 5.41) is 3.22. The van der Waals surface area contributed by atoms with Gasteiger partial charge in [0.15, 0.2) is 0 Å². The van der Waals surface area contributed by atoms with Gasteiger partial charge >= 0.3 is 0 Å². The molecule has 3 heterocycles. The lowest BCUT2D eigenvalue weighted by atomic mass is 9.97. The molecule has 0 radical (unpaired) electrons. The number of rotatable bonds is 5. The maximum Gasteiger partial charge on any atom is 0.135 e. The van der Waals surface area contributed by atoms with Crippen molar-refractivity contribution in [1.29, 1.82) is 0 Å². The van der Waals surface area contributed by atoms with Crippen molar-refractivity contribution in [3.8, 4) is 11.3 Å². The quantitative estimate of drug-likeness (QED) is 0.564. The summed E-state index contributed by atoms with van der Waals surface area (Å²) in [6, 6.07) is 12.2. The SMILES string of the molecule is CC(C)C=O.CN1CCCC(c2nc(Nc3cccc(F)c3)cc(-c3cccnc3)n2)C1. The van der Waals surface area contributed by atoms with Crippen LogP contribution in [0.3, 0.4) is 0 Å². The van der Waals surface area contributed by atoms with Gasteiger partial charge in [-0.05, 0) is 56.8 Å². The lowest BCUT2D eigenvalue weighted by Gasteiger charge is -2.29. The van der Waals surface area contributed by atoms with E-state index in [2.05, 4.69) is 22.2 Å². The fraction of sp³-hybridized carbons (Fsp3) is 0.360. The summed E-state index contributed by atoms with van der Waals surface area (Å²) in [4.78, 5) is 25.6. The molecule has 7 heteroatoms. The lowest BCUT2D eigenvalue weighted by Crippen LogP contribution is -2.31. The molecule has 0 aliphatic carbocycles. The number of carbonyl (C=O) groups excluding carboxylic acids is 1. The molecule has 168 valence electrons. The van der Waals surface area contributed by atoms with E-state index in [1.165, 1.54) is 12.1 Å². The number of piperidine rings is 1. The Kier molecular flexibility index (Phi) is 8.39. The van der Waals surface area contributed by atoms with Gasteiger partial charge in [0.05, 0.1) is 5.69 Å². The molecule has 0 amide bonds. The Balaban J connectivity index is 0.000000523. The minimum absolute atomic E-state index is 0.204. The van der Waals surface area contributed by atoms with Crippen LogP contribution in [0.2, 0.25) is 0 Å². The van der Waals surface area contributed by atoms with Crippen LogP contribution in [0.4, 0.5) is 15.9 Å². The molecule has 1 N–H and O–H groups in total. The Bertz CT molecular complexity index is 1010. The molecule has 0 bridgehead atoms. The average molecular weight is 436 g/mol. The highest BCUT2D eigenvalue weighted by Gasteiger charge is 2.22. The number of aldehydes is 1. The molecule has 0 spiro atoms. The fourth-order valence-corrected chi connectivity index (χ4v) is 3.47. The standard InChI is InChI=1S/C21H22FN5.C4H8O/c1-27-10-4-6-16(14-27)21-25-19(15-5-3-9-23-13-15)12-20(26-21)24-18-8-2-7-17(22)11-18;1-4(2)3-5/h2-3,5,7-9,11-13,16H,4,6,10,14H2,1H3,(H,24,25,26);3-4H,1-2H3. The van der Waals surface area contributed by atoms with Gasteiger partial charge in [-0.2, -0.15) is 0 Å². The number of anilines is 2. The normalized spacial score (nSPS) is 16.2. The van der Waals surface area contributed by atoms with Gasteiger partial charge in [-0.15, -0.1) is 0 Å². The highest BCUT2D eigenvalue weighted by atomic mass is 19.1. The van der Waals surface area contributed by atoms with Gasteiger partial charge in [-0.25, -0.2) is 14.4 Å². The van der Waals surface area contributed by atoms with E-state index in [0.717, 1.165) is 49.3 Å². The molecule has 4 rings (SSSR count). The monoisotopic (exact) mass is 435 g/mol. The smallest absolute Gasteiger partial charge is 0.135 e. The molecule has 2 aromatic heterocycles. The van der Waals surface area contributed by atoms with E-state index in [4.69, 9.17) is 9.97 Å². The van der Waals surface area contributed by atoms with E-state index in [9.17, 15) is 9.18 Å². The molecule has 1 atom stereocenters. The molecule has 6 nitrogen and oxygen atoms in total. The summed E-state index contributed by atoms with van der Waals surface area (Å²) in [5.41, 5.74) is 2.42. The Hall–Kier alpha value is -3.19. The second-order valence-electron chi connectivity index (χ2n) is 8.36. The zero-order chi connectivity index (χ0) is 22.9. The summed E-state index contributed by atoms with van der Waals surface area (Å²) in [5.74, 6) is 1.69. The summed E-state index contributed by atoms with van der Waals surface area (Å²) < 4.78 is 13.5. The van der Waals surface area contributed by atoms with Crippen LogP contribution in [-0.2, 0) is 4.79 Å². The highest BCUT2D eigenvalue weighted by molar-refractivity contribution is 5.65. The van der Waals surface area contributed by atoms with E-state index in [1.807, 2.05) is 38.1 Å². The third-order valence-corrected chi connectivity index (χ3v) is 5.06. The maximum absolute atomic E-state index is 13.5. The van der Waals surface area contributed by atoms with Crippen molar-refractivity contribution >= 4 is 17.8 Å². The predicted molar refractivity (Wildman–Crippen MR) is 125 cm³/mol. The first kappa shape index (κ1) is 23.5. The molecule has 1 fully saturated rings. The molecule has 1 aromatic carbocycles.